The van der Waals surface area contributed by atoms with Crippen molar-refractivity contribution < 1.29 is 27.9 Å². The molecule has 0 aliphatic heterocycles. The van der Waals surface area contributed by atoms with Crippen LogP contribution < -0.4 is 4.72 Å². The highest BCUT2D eigenvalue weighted by Gasteiger charge is 2.15. The van der Waals surface area contributed by atoms with Gasteiger partial charge in [-0.25, -0.2) is 17.9 Å². The number of aliphatic carboxylic acids is 1. The first-order chi connectivity index (χ1) is 9.36. The molecule has 0 spiro atoms. The van der Waals surface area contributed by atoms with Crippen molar-refractivity contribution in [2.24, 2.45) is 0 Å². The number of ether oxygens (including phenoxy) is 1. The number of esters is 1. The second-order valence-electron chi connectivity index (χ2n) is 3.79. The number of sulfonamides is 1. The predicted molar refractivity (Wildman–Crippen MR) is 69.8 cm³/mol. The van der Waals surface area contributed by atoms with Crippen LogP contribution in [0.25, 0.3) is 0 Å². The third kappa shape index (κ3) is 4.63. The number of carboxylic acids is 1. The van der Waals surface area contributed by atoms with Crippen molar-refractivity contribution in [3.8, 4) is 0 Å². The van der Waals surface area contributed by atoms with Crippen LogP contribution in [0.2, 0.25) is 0 Å². The lowest BCUT2D eigenvalue weighted by molar-refractivity contribution is -0.136. The average molecular weight is 301 g/mol. The van der Waals surface area contributed by atoms with E-state index < -0.39 is 22.0 Å². The molecule has 0 aromatic heterocycles. The third-order valence-electron chi connectivity index (χ3n) is 2.31. The van der Waals surface area contributed by atoms with Crippen LogP contribution >= 0.6 is 0 Å². The quantitative estimate of drug-likeness (QED) is 0.714. The molecule has 1 rings (SSSR count). The summed E-state index contributed by atoms with van der Waals surface area (Å²) in [5.41, 5.74) is 0.247. The smallest absolute Gasteiger partial charge is 0.338 e. The zero-order valence-electron chi connectivity index (χ0n) is 10.8. The van der Waals surface area contributed by atoms with Crippen LogP contribution in [0.4, 0.5) is 0 Å². The number of rotatable bonds is 7. The van der Waals surface area contributed by atoms with E-state index in [0.717, 1.165) is 0 Å². The molecule has 0 aliphatic carbocycles. The molecule has 0 saturated carbocycles. The van der Waals surface area contributed by atoms with Gasteiger partial charge in [0.2, 0.25) is 10.0 Å². The Hall–Kier alpha value is -1.93. The van der Waals surface area contributed by atoms with E-state index in [0.29, 0.717) is 0 Å². The van der Waals surface area contributed by atoms with Crippen molar-refractivity contribution in [2.45, 2.75) is 18.2 Å². The van der Waals surface area contributed by atoms with Crippen molar-refractivity contribution in [1.82, 2.24) is 4.72 Å². The molecule has 0 fully saturated rings. The molecule has 1 aromatic rings. The summed E-state index contributed by atoms with van der Waals surface area (Å²) >= 11 is 0. The molecule has 0 unspecified atom stereocenters. The first kappa shape index (κ1) is 16.1. The highest BCUT2D eigenvalue weighted by Crippen LogP contribution is 2.11. The minimum Gasteiger partial charge on any atom is -0.481 e. The second kappa shape index (κ2) is 7.01. The Morgan fingerprint density at radius 3 is 2.35 bits per heavy atom. The summed E-state index contributed by atoms with van der Waals surface area (Å²) in [4.78, 5) is 21.7. The number of nitrogens with one attached hydrogen (secondary N) is 1. The molecule has 110 valence electrons. The molecule has 0 amide bonds. The molecule has 7 nitrogen and oxygen atoms in total. The zero-order chi connectivity index (χ0) is 15.2. The van der Waals surface area contributed by atoms with Gasteiger partial charge in [0, 0.05) is 6.54 Å². The second-order valence-corrected chi connectivity index (χ2v) is 5.55. The SMILES string of the molecule is CCOC(=O)c1ccc(S(=O)(=O)NCCC(=O)O)cc1. The van der Waals surface area contributed by atoms with E-state index in [1.165, 1.54) is 24.3 Å². The number of hydrogen-bond donors (Lipinski definition) is 2. The average Bonchev–Trinajstić information content (AvgIpc) is 2.38. The fourth-order valence-electron chi connectivity index (χ4n) is 1.36. The van der Waals surface area contributed by atoms with Gasteiger partial charge in [-0.2, -0.15) is 0 Å². The van der Waals surface area contributed by atoms with Gasteiger partial charge in [-0.05, 0) is 31.2 Å². The number of carbonyl (C=O) groups excluding carboxylic acids is 1. The van der Waals surface area contributed by atoms with Crippen molar-refractivity contribution in [1.29, 1.82) is 0 Å². The van der Waals surface area contributed by atoms with Crippen LogP contribution in [-0.4, -0.2) is 38.6 Å². The van der Waals surface area contributed by atoms with Gasteiger partial charge in [0.1, 0.15) is 0 Å². The molecular formula is C12H15NO6S. The van der Waals surface area contributed by atoms with Gasteiger partial charge in [-0.15, -0.1) is 0 Å². The van der Waals surface area contributed by atoms with Crippen LogP contribution in [0.1, 0.15) is 23.7 Å². The third-order valence-corrected chi connectivity index (χ3v) is 3.78. The maximum Gasteiger partial charge on any atom is 0.338 e. The first-order valence-corrected chi connectivity index (χ1v) is 7.33. The van der Waals surface area contributed by atoms with Gasteiger partial charge in [-0.3, -0.25) is 4.79 Å². The zero-order valence-corrected chi connectivity index (χ0v) is 11.6. The number of carboxylic acid groups (broad SMARTS) is 1. The van der Waals surface area contributed by atoms with Gasteiger partial charge < -0.3 is 9.84 Å². The summed E-state index contributed by atoms with van der Waals surface area (Å²) in [5, 5.41) is 8.44. The maximum atomic E-state index is 11.8. The Morgan fingerprint density at radius 1 is 1.25 bits per heavy atom. The molecule has 0 atom stereocenters. The fraction of sp³-hybridized carbons (Fsp3) is 0.333. The van der Waals surface area contributed by atoms with Crippen LogP contribution in [-0.2, 0) is 19.6 Å². The molecule has 20 heavy (non-hydrogen) atoms. The van der Waals surface area contributed by atoms with Gasteiger partial charge >= 0.3 is 11.9 Å². The normalized spacial score (nSPS) is 11.1. The number of carbonyl (C=O) groups is 2. The van der Waals surface area contributed by atoms with E-state index in [4.69, 9.17) is 9.84 Å². The largest absolute Gasteiger partial charge is 0.481 e. The molecule has 0 bridgehead atoms. The fourth-order valence-corrected chi connectivity index (χ4v) is 2.39. The Kier molecular flexibility index (Phi) is 5.66. The topological polar surface area (TPSA) is 110 Å². The van der Waals surface area contributed by atoms with Gasteiger partial charge in [0.15, 0.2) is 0 Å². The number of hydrogen-bond acceptors (Lipinski definition) is 5. The van der Waals surface area contributed by atoms with Crippen molar-refractivity contribution >= 4 is 22.0 Å². The van der Waals surface area contributed by atoms with Crippen LogP contribution in [0, 0.1) is 0 Å². The Morgan fingerprint density at radius 2 is 1.85 bits per heavy atom. The predicted octanol–water partition coefficient (Wildman–Crippen LogP) is 0.616. The van der Waals surface area contributed by atoms with E-state index in [1.54, 1.807) is 6.92 Å². The molecule has 0 aliphatic rings. The molecular weight excluding hydrogens is 286 g/mol. The van der Waals surface area contributed by atoms with Gasteiger partial charge in [0.25, 0.3) is 0 Å². The summed E-state index contributed by atoms with van der Waals surface area (Å²) < 4.78 is 30.5. The highest BCUT2D eigenvalue weighted by atomic mass is 32.2. The Balaban J connectivity index is 2.76. The number of benzene rings is 1. The standard InChI is InChI=1S/C12H15NO6S/c1-2-19-12(16)9-3-5-10(6-4-9)20(17,18)13-8-7-11(14)15/h3-6,13H,2,7-8H2,1H3,(H,14,15). The van der Waals surface area contributed by atoms with Crippen LogP contribution in [0.15, 0.2) is 29.2 Å². The molecule has 8 heteroatoms. The Bertz CT molecular complexity index is 578. The summed E-state index contributed by atoms with van der Waals surface area (Å²) in [6.07, 6.45) is -0.305. The van der Waals surface area contributed by atoms with E-state index in [9.17, 15) is 18.0 Å². The van der Waals surface area contributed by atoms with Gasteiger partial charge in [0.05, 0.1) is 23.5 Å². The van der Waals surface area contributed by atoms with Crippen molar-refractivity contribution in [3.05, 3.63) is 29.8 Å². The highest BCUT2D eigenvalue weighted by molar-refractivity contribution is 7.89. The van der Waals surface area contributed by atoms with E-state index in [-0.39, 0.29) is 30.0 Å². The van der Waals surface area contributed by atoms with E-state index >= 15 is 0 Å². The summed E-state index contributed by atoms with van der Waals surface area (Å²) in [6, 6.07) is 5.19. The lowest BCUT2D eigenvalue weighted by Crippen LogP contribution is -2.26. The molecule has 0 heterocycles. The van der Waals surface area contributed by atoms with Crippen molar-refractivity contribution in [3.63, 3.8) is 0 Å². The monoisotopic (exact) mass is 301 g/mol. The summed E-state index contributed by atoms with van der Waals surface area (Å²) in [5.74, 6) is -1.62. The van der Waals surface area contributed by atoms with Gasteiger partial charge in [-0.1, -0.05) is 0 Å². The van der Waals surface area contributed by atoms with Crippen LogP contribution in [0.3, 0.4) is 0 Å². The molecule has 2 N–H and O–H groups in total. The summed E-state index contributed by atoms with van der Waals surface area (Å²) in [6.45, 7) is 1.70. The lowest BCUT2D eigenvalue weighted by Gasteiger charge is -2.06. The Labute approximate surface area is 116 Å². The van der Waals surface area contributed by atoms with Crippen LogP contribution in [0.5, 0.6) is 0 Å². The lowest BCUT2D eigenvalue weighted by atomic mass is 10.2. The molecule has 0 radical (unpaired) electrons. The summed E-state index contributed by atoms with van der Waals surface area (Å²) in [7, 11) is -3.78. The minimum absolute atomic E-state index is 0.0454. The molecule has 1 aromatic carbocycles. The molecule has 0 saturated heterocycles. The van der Waals surface area contributed by atoms with E-state index in [2.05, 4.69) is 4.72 Å². The minimum atomic E-state index is -3.78. The van der Waals surface area contributed by atoms with E-state index in [1.807, 2.05) is 0 Å². The van der Waals surface area contributed by atoms with Crippen molar-refractivity contribution in [2.75, 3.05) is 13.2 Å². The first-order valence-electron chi connectivity index (χ1n) is 5.85. The maximum absolute atomic E-state index is 11.8.